The minimum Gasteiger partial charge on any atom is -0.437 e. The van der Waals surface area contributed by atoms with Gasteiger partial charge in [0.2, 0.25) is 0 Å². The molecule has 1 heterocycles. The van der Waals surface area contributed by atoms with Crippen LogP contribution in [0.5, 0.6) is 0 Å². The molecule has 1 amide bonds. The highest BCUT2D eigenvalue weighted by atomic mass is 19.1. The molecule has 0 saturated carbocycles. The molecule has 0 bridgehead atoms. The number of nitrogens with zero attached hydrogens (tertiary/aromatic N) is 1. The van der Waals surface area contributed by atoms with Gasteiger partial charge in [-0.15, -0.1) is 6.58 Å². The number of carbonyl (C=O) groups is 1. The van der Waals surface area contributed by atoms with Crippen molar-refractivity contribution in [3.8, 4) is 0 Å². The average Bonchev–Trinajstić information content (AvgIpc) is 2.63. The largest absolute Gasteiger partial charge is 0.437 e. The standard InChI is InChI=1S/C21H22FNO2/c1-3-13-21(18-9-11-19(22)12-10-18)14-15-23(20(24)25-21)16(2)17-7-5-4-6-8-17/h3-12,16H,1,13-15H2,2H3. The number of carbonyl (C=O) groups excluding carboxylic acids is 1. The van der Waals surface area contributed by atoms with Gasteiger partial charge in [0, 0.05) is 19.4 Å². The molecule has 2 aromatic carbocycles. The van der Waals surface area contributed by atoms with Crippen molar-refractivity contribution in [2.24, 2.45) is 0 Å². The van der Waals surface area contributed by atoms with Gasteiger partial charge in [0.25, 0.3) is 0 Å². The molecular formula is C21H22FNO2. The smallest absolute Gasteiger partial charge is 0.411 e. The van der Waals surface area contributed by atoms with E-state index in [9.17, 15) is 9.18 Å². The lowest BCUT2D eigenvalue weighted by Gasteiger charge is -2.43. The lowest BCUT2D eigenvalue weighted by molar-refractivity contribution is -0.0588. The van der Waals surface area contributed by atoms with Gasteiger partial charge in [-0.3, -0.25) is 0 Å². The Balaban J connectivity index is 1.84. The first-order valence-corrected chi connectivity index (χ1v) is 8.47. The van der Waals surface area contributed by atoms with Crippen LogP contribution in [0.2, 0.25) is 0 Å². The van der Waals surface area contributed by atoms with E-state index < -0.39 is 5.60 Å². The summed E-state index contributed by atoms with van der Waals surface area (Å²) < 4.78 is 19.1. The predicted molar refractivity (Wildman–Crippen MR) is 95.6 cm³/mol. The number of ether oxygens (including phenoxy) is 1. The van der Waals surface area contributed by atoms with Crippen molar-refractivity contribution in [3.05, 3.63) is 84.2 Å². The molecule has 0 spiro atoms. The van der Waals surface area contributed by atoms with Gasteiger partial charge in [0.15, 0.2) is 0 Å². The minimum atomic E-state index is -0.778. The van der Waals surface area contributed by atoms with E-state index in [1.54, 1.807) is 23.1 Å². The zero-order chi connectivity index (χ0) is 17.9. The van der Waals surface area contributed by atoms with Crippen LogP contribution in [0.3, 0.4) is 0 Å². The SMILES string of the molecule is C=CCC1(c2ccc(F)cc2)CCN(C(C)c2ccccc2)C(=O)O1. The van der Waals surface area contributed by atoms with Crippen LogP contribution in [0, 0.1) is 5.82 Å². The van der Waals surface area contributed by atoms with E-state index in [0.29, 0.717) is 19.4 Å². The lowest BCUT2D eigenvalue weighted by atomic mass is 9.85. The number of hydrogen-bond acceptors (Lipinski definition) is 2. The summed E-state index contributed by atoms with van der Waals surface area (Å²) in [6, 6.07) is 16.0. The van der Waals surface area contributed by atoms with Gasteiger partial charge in [-0.1, -0.05) is 48.5 Å². The van der Waals surface area contributed by atoms with Gasteiger partial charge in [-0.25, -0.2) is 9.18 Å². The van der Waals surface area contributed by atoms with Crippen LogP contribution in [0.25, 0.3) is 0 Å². The van der Waals surface area contributed by atoms with Gasteiger partial charge < -0.3 is 9.64 Å². The zero-order valence-corrected chi connectivity index (χ0v) is 14.3. The molecular weight excluding hydrogens is 317 g/mol. The molecule has 2 atom stereocenters. The Morgan fingerprint density at radius 3 is 2.52 bits per heavy atom. The fraction of sp³-hybridized carbons (Fsp3) is 0.286. The first kappa shape index (κ1) is 17.2. The molecule has 2 unspecified atom stereocenters. The first-order valence-electron chi connectivity index (χ1n) is 8.47. The lowest BCUT2D eigenvalue weighted by Crippen LogP contribution is -2.48. The van der Waals surface area contributed by atoms with E-state index in [0.717, 1.165) is 11.1 Å². The zero-order valence-electron chi connectivity index (χ0n) is 14.3. The molecule has 0 radical (unpaired) electrons. The Hall–Kier alpha value is -2.62. The molecule has 0 N–H and O–H groups in total. The maximum absolute atomic E-state index is 13.3. The van der Waals surface area contributed by atoms with E-state index in [1.165, 1.54) is 12.1 Å². The van der Waals surface area contributed by atoms with Crippen LogP contribution in [0.15, 0.2) is 67.3 Å². The summed E-state index contributed by atoms with van der Waals surface area (Å²) in [5.74, 6) is -0.307. The summed E-state index contributed by atoms with van der Waals surface area (Å²) in [5, 5.41) is 0. The predicted octanol–water partition coefficient (Wildman–Crippen LogP) is 5.20. The summed E-state index contributed by atoms with van der Waals surface area (Å²) in [7, 11) is 0. The Morgan fingerprint density at radius 2 is 1.92 bits per heavy atom. The molecule has 0 aromatic heterocycles. The topological polar surface area (TPSA) is 29.5 Å². The third-order valence-electron chi connectivity index (χ3n) is 4.87. The second-order valence-electron chi connectivity index (χ2n) is 6.39. The van der Waals surface area contributed by atoms with E-state index in [4.69, 9.17) is 4.74 Å². The molecule has 1 fully saturated rings. The Kier molecular flexibility index (Phi) is 4.88. The van der Waals surface area contributed by atoms with Crippen LogP contribution in [0.1, 0.15) is 36.9 Å². The maximum Gasteiger partial charge on any atom is 0.411 e. The fourth-order valence-electron chi connectivity index (χ4n) is 3.38. The molecule has 1 aliphatic rings. The van der Waals surface area contributed by atoms with Gasteiger partial charge in [0.05, 0.1) is 6.04 Å². The number of amides is 1. The molecule has 1 saturated heterocycles. The highest BCUT2D eigenvalue weighted by molar-refractivity contribution is 5.70. The quantitative estimate of drug-likeness (QED) is 0.701. The second-order valence-corrected chi connectivity index (χ2v) is 6.39. The van der Waals surface area contributed by atoms with Crippen molar-refractivity contribution in [1.29, 1.82) is 0 Å². The highest BCUT2D eigenvalue weighted by Gasteiger charge is 2.42. The van der Waals surface area contributed by atoms with E-state index in [-0.39, 0.29) is 18.0 Å². The van der Waals surface area contributed by atoms with E-state index in [2.05, 4.69) is 6.58 Å². The molecule has 3 rings (SSSR count). The van der Waals surface area contributed by atoms with Crippen molar-refractivity contribution in [1.82, 2.24) is 4.90 Å². The van der Waals surface area contributed by atoms with Crippen molar-refractivity contribution in [2.45, 2.75) is 31.4 Å². The average molecular weight is 339 g/mol. The summed E-state index contributed by atoms with van der Waals surface area (Å²) in [5.41, 5.74) is 1.09. The summed E-state index contributed by atoms with van der Waals surface area (Å²) in [4.78, 5) is 14.5. The Bertz CT molecular complexity index is 744. The number of hydrogen-bond donors (Lipinski definition) is 0. The Morgan fingerprint density at radius 1 is 1.24 bits per heavy atom. The molecule has 2 aromatic rings. The molecule has 0 aliphatic carbocycles. The van der Waals surface area contributed by atoms with Crippen molar-refractivity contribution in [3.63, 3.8) is 0 Å². The van der Waals surface area contributed by atoms with Gasteiger partial charge in [0.1, 0.15) is 11.4 Å². The number of cyclic esters (lactones) is 1. The van der Waals surface area contributed by atoms with Crippen molar-refractivity contribution in [2.75, 3.05) is 6.54 Å². The van der Waals surface area contributed by atoms with E-state index >= 15 is 0 Å². The van der Waals surface area contributed by atoms with Crippen molar-refractivity contribution < 1.29 is 13.9 Å². The van der Waals surface area contributed by atoms with Gasteiger partial charge >= 0.3 is 6.09 Å². The maximum atomic E-state index is 13.3. The van der Waals surface area contributed by atoms with Crippen LogP contribution in [0.4, 0.5) is 9.18 Å². The normalized spacial score (nSPS) is 21.5. The van der Waals surface area contributed by atoms with Crippen LogP contribution < -0.4 is 0 Å². The van der Waals surface area contributed by atoms with Gasteiger partial charge in [-0.05, 0) is 30.2 Å². The van der Waals surface area contributed by atoms with Crippen molar-refractivity contribution >= 4 is 6.09 Å². The molecule has 25 heavy (non-hydrogen) atoms. The van der Waals surface area contributed by atoms with Crippen LogP contribution in [-0.4, -0.2) is 17.5 Å². The molecule has 130 valence electrons. The summed E-state index contributed by atoms with van der Waals surface area (Å²) in [6.07, 6.45) is 2.52. The Labute approximate surface area is 147 Å². The third-order valence-corrected chi connectivity index (χ3v) is 4.87. The van der Waals surface area contributed by atoms with Gasteiger partial charge in [-0.2, -0.15) is 0 Å². The third kappa shape index (κ3) is 3.43. The first-order chi connectivity index (χ1) is 12.1. The minimum absolute atomic E-state index is 0.0661. The summed E-state index contributed by atoms with van der Waals surface area (Å²) >= 11 is 0. The number of benzene rings is 2. The number of rotatable bonds is 5. The molecule has 1 aliphatic heterocycles. The van der Waals surface area contributed by atoms with Crippen LogP contribution >= 0.6 is 0 Å². The molecule has 4 heteroatoms. The second kappa shape index (κ2) is 7.09. The number of halogens is 1. The fourth-order valence-corrected chi connectivity index (χ4v) is 3.38. The molecule has 3 nitrogen and oxygen atoms in total. The highest BCUT2D eigenvalue weighted by Crippen LogP contribution is 2.39. The summed E-state index contributed by atoms with van der Waals surface area (Å²) in [6.45, 7) is 6.36. The monoisotopic (exact) mass is 339 g/mol. The van der Waals surface area contributed by atoms with Crippen LogP contribution in [-0.2, 0) is 10.3 Å². The van der Waals surface area contributed by atoms with E-state index in [1.807, 2.05) is 37.3 Å².